The lowest BCUT2D eigenvalue weighted by atomic mass is 10.2. The predicted octanol–water partition coefficient (Wildman–Crippen LogP) is 1.74. The van der Waals surface area contributed by atoms with Crippen LogP contribution < -0.4 is 4.74 Å². The number of hydrogen-bond acceptors (Lipinski definition) is 4. The molecule has 1 rings (SSSR count). The number of nitriles is 1. The Balaban J connectivity index is 2.79. The lowest BCUT2D eigenvalue weighted by Crippen LogP contribution is -2.23. The summed E-state index contributed by atoms with van der Waals surface area (Å²) in [7, 11) is 1.64. The van der Waals surface area contributed by atoms with Crippen LogP contribution in [0.15, 0.2) is 12.1 Å². The van der Waals surface area contributed by atoms with Crippen LogP contribution in [0.2, 0.25) is 0 Å². The highest BCUT2D eigenvalue weighted by Gasteiger charge is 2.06. The first-order valence-electron chi connectivity index (χ1n) is 5.30. The Morgan fingerprint density at radius 1 is 1.50 bits per heavy atom. The van der Waals surface area contributed by atoms with Crippen molar-refractivity contribution in [2.75, 3.05) is 20.2 Å². The normalized spacial score (nSPS) is 10.2. The zero-order chi connectivity index (χ0) is 12.0. The van der Waals surface area contributed by atoms with Crippen LogP contribution in [0, 0.1) is 18.3 Å². The van der Waals surface area contributed by atoms with Gasteiger partial charge in [-0.2, -0.15) is 5.26 Å². The van der Waals surface area contributed by atoms with Crippen molar-refractivity contribution in [2.24, 2.45) is 0 Å². The Kier molecular flexibility index (Phi) is 4.74. The summed E-state index contributed by atoms with van der Waals surface area (Å²) in [6, 6.07) is 5.95. The molecule has 0 saturated carbocycles. The van der Waals surface area contributed by atoms with Gasteiger partial charge in [0.15, 0.2) is 0 Å². The summed E-state index contributed by atoms with van der Waals surface area (Å²) in [5, 5.41) is 8.66. The highest BCUT2D eigenvalue weighted by atomic mass is 16.5. The summed E-state index contributed by atoms with van der Waals surface area (Å²) in [6.45, 7) is 5.92. The molecule has 0 N–H and O–H groups in total. The second-order valence-electron chi connectivity index (χ2n) is 3.60. The summed E-state index contributed by atoms with van der Waals surface area (Å²) in [5.74, 6) is 0.815. The van der Waals surface area contributed by atoms with E-state index in [0.717, 1.165) is 23.7 Å². The van der Waals surface area contributed by atoms with Gasteiger partial charge in [-0.05, 0) is 13.5 Å². The molecular weight excluding hydrogens is 202 g/mol. The Labute approximate surface area is 96.5 Å². The van der Waals surface area contributed by atoms with Gasteiger partial charge in [-0.3, -0.25) is 9.88 Å². The molecule has 1 heterocycles. The molecular formula is C12H17N3O. The topological polar surface area (TPSA) is 49.2 Å². The number of methoxy groups -OCH3 is 1. The first-order valence-corrected chi connectivity index (χ1v) is 5.30. The van der Waals surface area contributed by atoms with E-state index in [-0.39, 0.29) is 0 Å². The van der Waals surface area contributed by atoms with Crippen LogP contribution in [0.3, 0.4) is 0 Å². The molecule has 0 aliphatic heterocycles. The Bertz CT molecular complexity index is 384. The van der Waals surface area contributed by atoms with E-state index in [1.54, 1.807) is 7.11 Å². The highest BCUT2D eigenvalue weighted by Crippen LogP contribution is 2.14. The molecule has 0 spiro atoms. The van der Waals surface area contributed by atoms with Gasteiger partial charge in [0.2, 0.25) is 0 Å². The van der Waals surface area contributed by atoms with Gasteiger partial charge in [-0.15, -0.1) is 0 Å². The number of aryl methyl sites for hydroxylation is 1. The summed E-state index contributed by atoms with van der Waals surface area (Å²) in [6.07, 6.45) is 0. The van der Waals surface area contributed by atoms with Crippen molar-refractivity contribution < 1.29 is 4.74 Å². The zero-order valence-electron chi connectivity index (χ0n) is 10.0. The van der Waals surface area contributed by atoms with Gasteiger partial charge in [0.1, 0.15) is 5.75 Å². The van der Waals surface area contributed by atoms with E-state index >= 15 is 0 Å². The maximum absolute atomic E-state index is 8.66. The molecule has 0 unspecified atom stereocenters. The minimum absolute atomic E-state index is 0.425. The first kappa shape index (κ1) is 12.5. The van der Waals surface area contributed by atoms with Crippen LogP contribution in [0.1, 0.15) is 18.3 Å². The van der Waals surface area contributed by atoms with Gasteiger partial charge in [0.05, 0.1) is 25.4 Å². The van der Waals surface area contributed by atoms with Crippen molar-refractivity contribution in [3.8, 4) is 11.8 Å². The predicted molar refractivity (Wildman–Crippen MR) is 62.1 cm³/mol. The van der Waals surface area contributed by atoms with E-state index in [4.69, 9.17) is 10.00 Å². The number of nitrogens with zero attached hydrogens (tertiary/aromatic N) is 3. The molecule has 1 aromatic heterocycles. The zero-order valence-corrected chi connectivity index (χ0v) is 10.0. The van der Waals surface area contributed by atoms with Gasteiger partial charge in [0, 0.05) is 24.4 Å². The highest BCUT2D eigenvalue weighted by molar-refractivity contribution is 5.26. The van der Waals surface area contributed by atoms with Crippen LogP contribution in [-0.4, -0.2) is 30.1 Å². The Hall–Kier alpha value is -1.60. The van der Waals surface area contributed by atoms with Crippen LogP contribution >= 0.6 is 0 Å². The number of ether oxygens (including phenoxy) is 1. The first-order chi connectivity index (χ1) is 7.69. The van der Waals surface area contributed by atoms with E-state index < -0.39 is 0 Å². The fourth-order valence-electron chi connectivity index (χ4n) is 1.51. The van der Waals surface area contributed by atoms with Crippen molar-refractivity contribution in [1.29, 1.82) is 5.26 Å². The Morgan fingerprint density at radius 3 is 2.81 bits per heavy atom. The van der Waals surface area contributed by atoms with Crippen LogP contribution in [0.5, 0.6) is 5.75 Å². The van der Waals surface area contributed by atoms with Gasteiger partial charge in [0.25, 0.3) is 0 Å². The third-order valence-electron chi connectivity index (χ3n) is 2.34. The second-order valence-corrected chi connectivity index (χ2v) is 3.60. The maximum Gasteiger partial charge on any atom is 0.122 e. The summed E-state index contributed by atoms with van der Waals surface area (Å²) >= 11 is 0. The van der Waals surface area contributed by atoms with Crippen molar-refractivity contribution in [3.63, 3.8) is 0 Å². The van der Waals surface area contributed by atoms with Crippen molar-refractivity contribution in [3.05, 3.63) is 23.5 Å². The summed E-state index contributed by atoms with van der Waals surface area (Å²) in [4.78, 5) is 6.45. The molecule has 4 nitrogen and oxygen atoms in total. The van der Waals surface area contributed by atoms with E-state index in [2.05, 4.69) is 11.1 Å². The van der Waals surface area contributed by atoms with Gasteiger partial charge >= 0.3 is 0 Å². The average Bonchev–Trinajstić information content (AvgIpc) is 2.27. The number of pyridine rings is 1. The van der Waals surface area contributed by atoms with Gasteiger partial charge < -0.3 is 4.74 Å². The van der Waals surface area contributed by atoms with Crippen LogP contribution in [0.25, 0.3) is 0 Å². The van der Waals surface area contributed by atoms with Crippen molar-refractivity contribution in [2.45, 2.75) is 20.4 Å². The molecule has 0 atom stereocenters. The average molecular weight is 219 g/mol. The molecule has 0 amide bonds. The van der Waals surface area contributed by atoms with Gasteiger partial charge in [-0.1, -0.05) is 6.92 Å². The molecule has 0 aliphatic carbocycles. The fraction of sp³-hybridized carbons (Fsp3) is 0.500. The molecule has 0 bridgehead atoms. The lowest BCUT2D eigenvalue weighted by molar-refractivity contribution is 0.309. The second kappa shape index (κ2) is 6.09. The third-order valence-corrected chi connectivity index (χ3v) is 2.34. The molecule has 0 aliphatic rings. The van der Waals surface area contributed by atoms with Gasteiger partial charge in [-0.25, -0.2) is 0 Å². The number of rotatable bonds is 5. The summed E-state index contributed by atoms with van der Waals surface area (Å²) in [5.41, 5.74) is 1.87. The van der Waals surface area contributed by atoms with Crippen LogP contribution in [0.4, 0.5) is 0 Å². The third kappa shape index (κ3) is 3.52. The molecule has 86 valence electrons. The van der Waals surface area contributed by atoms with E-state index in [9.17, 15) is 0 Å². The lowest BCUT2D eigenvalue weighted by Gasteiger charge is -2.16. The van der Waals surface area contributed by atoms with Crippen molar-refractivity contribution >= 4 is 0 Å². The molecule has 16 heavy (non-hydrogen) atoms. The van der Waals surface area contributed by atoms with E-state index in [0.29, 0.717) is 13.1 Å². The number of hydrogen-bond donors (Lipinski definition) is 0. The number of aromatic nitrogens is 1. The maximum atomic E-state index is 8.66. The minimum atomic E-state index is 0.425. The fourth-order valence-corrected chi connectivity index (χ4v) is 1.51. The summed E-state index contributed by atoms with van der Waals surface area (Å²) < 4.78 is 5.19. The van der Waals surface area contributed by atoms with E-state index in [1.165, 1.54) is 0 Å². The standard InChI is InChI=1S/C12H17N3O/c1-4-15(6-5-13)9-11-8-12(16-3)7-10(2)14-11/h7-8H,4,6,9H2,1-3H3. The Morgan fingerprint density at radius 2 is 2.25 bits per heavy atom. The SMILES string of the molecule is CCN(CC#N)Cc1cc(OC)cc(C)n1. The molecule has 4 heteroatoms. The molecule has 0 saturated heterocycles. The smallest absolute Gasteiger partial charge is 0.122 e. The van der Waals surface area contributed by atoms with Crippen LogP contribution in [-0.2, 0) is 6.54 Å². The monoisotopic (exact) mass is 219 g/mol. The quantitative estimate of drug-likeness (QED) is 0.708. The van der Waals surface area contributed by atoms with Crippen molar-refractivity contribution in [1.82, 2.24) is 9.88 Å². The largest absolute Gasteiger partial charge is 0.497 e. The molecule has 0 radical (unpaired) electrons. The van der Waals surface area contributed by atoms with E-state index in [1.807, 2.05) is 30.9 Å². The molecule has 0 fully saturated rings. The molecule has 0 aromatic carbocycles. The minimum Gasteiger partial charge on any atom is -0.497 e. The molecule has 1 aromatic rings.